The molecule has 0 saturated carbocycles. The van der Waals surface area contributed by atoms with Gasteiger partial charge >= 0.3 is 0 Å². The van der Waals surface area contributed by atoms with Crippen molar-refractivity contribution in [2.75, 3.05) is 40.5 Å². The summed E-state index contributed by atoms with van der Waals surface area (Å²) in [5, 5.41) is 4.79. The predicted octanol–water partition coefficient (Wildman–Crippen LogP) is 3.94. The van der Waals surface area contributed by atoms with Gasteiger partial charge in [0.25, 0.3) is 0 Å². The van der Waals surface area contributed by atoms with E-state index in [2.05, 4.69) is 10.00 Å². The molecule has 1 aliphatic rings. The van der Waals surface area contributed by atoms with Crippen molar-refractivity contribution in [3.05, 3.63) is 41.9 Å². The number of fused-ring (bicyclic) bond motifs is 1. The molecule has 0 radical (unpaired) electrons. The van der Waals surface area contributed by atoms with Crippen LogP contribution in [0.25, 0.3) is 17.0 Å². The summed E-state index contributed by atoms with van der Waals surface area (Å²) in [5.41, 5.74) is 1.63. The van der Waals surface area contributed by atoms with Crippen molar-refractivity contribution in [3.8, 4) is 17.2 Å². The molecule has 0 unspecified atom stereocenters. The van der Waals surface area contributed by atoms with Crippen molar-refractivity contribution in [2.24, 2.45) is 7.05 Å². The Balaban J connectivity index is 1.69. The number of piperidine rings is 1. The average molecular weight is 440 g/mol. The zero-order chi connectivity index (χ0) is 22.5. The van der Waals surface area contributed by atoms with Crippen molar-refractivity contribution in [2.45, 2.75) is 19.3 Å². The molecular formula is C24H29N3O5. The van der Waals surface area contributed by atoms with Gasteiger partial charge in [-0.25, -0.2) is 0 Å². The number of allylic oxidation sites excluding steroid dienone is 1. The van der Waals surface area contributed by atoms with Crippen LogP contribution in [-0.4, -0.2) is 60.9 Å². The van der Waals surface area contributed by atoms with Crippen LogP contribution in [0.5, 0.6) is 17.2 Å². The van der Waals surface area contributed by atoms with E-state index in [4.69, 9.17) is 18.6 Å². The van der Waals surface area contributed by atoms with Gasteiger partial charge in [0.2, 0.25) is 5.75 Å². The lowest BCUT2D eigenvalue weighted by Gasteiger charge is -2.26. The van der Waals surface area contributed by atoms with E-state index >= 15 is 0 Å². The zero-order valence-corrected chi connectivity index (χ0v) is 18.8. The van der Waals surface area contributed by atoms with Crippen LogP contribution in [0.2, 0.25) is 0 Å². The van der Waals surface area contributed by atoms with Gasteiger partial charge in [-0.3, -0.25) is 14.4 Å². The monoisotopic (exact) mass is 439 g/mol. The van der Waals surface area contributed by atoms with E-state index in [-0.39, 0.29) is 5.78 Å². The van der Waals surface area contributed by atoms with Crippen LogP contribution in [0.1, 0.15) is 35.2 Å². The topological polar surface area (TPSA) is 79.0 Å². The highest BCUT2D eigenvalue weighted by Crippen LogP contribution is 2.46. The van der Waals surface area contributed by atoms with Crippen molar-refractivity contribution >= 4 is 22.8 Å². The highest BCUT2D eigenvalue weighted by molar-refractivity contribution is 6.15. The number of furan rings is 1. The number of aromatic nitrogens is 2. The maximum absolute atomic E-state index is 13.4. The summed E-state index contributed by atoms with van der Waals surface area (Å²) < 4.78 is 24.8. The number of methoxy groups -OCH3 is 2. The Labute approximate surface area is 187 Å². The fourth-order valence-electron chi connectivity index (χ4n) is 4.12. The van der Waals surface area contributed by atoms with Crippen molar-refractivity contribution in [3.63, 3.8) is 0 Å². The third-order valence-electron chi connectivity index (χ3n) is 5.69. The van der Waals surface area contributed by atoms with Gasteiger partial charge in [-0.15, -0.1) is 0 Å². The van der Waals surface area contributed by atoms with Crippen molar-refractivity contribution in [1.82, 2.24) is 14.7 Å². The van der Waals surface area contributed by atoms with Gasteiger partial charge in [0.05, 0.1) is 32.1 Å². The molecule has 0 bridgehead atoms. The Morgan fingerprint density at radius 3 is 2.62 bits per heavy atom. The number of likely N-dealkylation sites (tertiary alicyclic amines) is 1. The molecule has 1 aromatic carbocycles. The molecule has 32 heavy (non-hydrogen) atoms. The molecule has 1 fully saturated rings. The maximum Gasteiger partial charge on any atom is 0.205 e. The number of ketones is 1. The molecule has 0 spiro atoms. The van der Waals surface area contributed by atoms with E-state index in [9.17, 15) is 4.79 Å². The number of benzene rings is 1. The summed E-state index contributed by atoms with van der Waals surface area (Å²) in [6, 6.07) is 1.76. The van der Waals surface area contributed by atoms with Crippen molar-refractivity contribution < 1.29 is 23.4 Å². The van der Waals surface area contributed by atoms with Crippen LogP contribution in [-0.2, 0) is 7.05 Å². The molecule has 3 aromatic rings. The molecule has 170 valence electrons. The van der Waals surface area contributed by atoms with E-state index < -0.39 is 0 Å². The van der Waals surface area contributed by atoms with Crippen molar-refractivity contribution in [1.29, 1.82) is 0 Å². The average Bonchev–Trinajstić information content (AvgIpc) is 3.46. The van der Waals surface area contributed by atoms with E-state index in [1.54, 1.807) is 36.4 Å². The summed E-state index contributed by atoms with van der Waals surface area (Å²) in [6.45, 7) is 3.35. The number of nitrogens with zero attached hydrogens (tertiary/aromatic N) is 3. The third kappa shape index (κ3) is 4.50. The smallest absolute Gasteiger partial charge is 0.205 e. The third-order valence-corrected chi connectivity index (χ3v) is 5.69. The first-order valence-electron chi connectivity index (χ1n) is 10.8. The molecular weight excluding hydrogens is 410 g/mol. The molecule has 1 saturated heterocycles. The number of carbonyl (C=O) groups is 1. The molecule has 0 atom stereocenters. The number of aryl methyl sites for hydroxylation is 1. The van der Waals surface area contributed by atoms with Crippen LogP contribution < -0.4 is 14.2 Å². The standard InChI is InChI=1S/C24H29N3O5/c1-26-16-17(15-25-26)7-8-19(28)20-21(29-2)18-9-13-31-22(18)24(30-3)23(20)32-14-12-27-10-5-4-6-11-27/h7-9,13,15-16H,4-6,10-12,14H2,1-3H3. The minimum Gasteiger partial charge on any atom is -0.495 e. The fraction of sp³-hybridized carbons (Fsp3) is 0.417. The van der Waals surface area contributed by atoms with Crippen LogP contribution in [0.4, 0.5) is 0 Å². The number of rotatable bonds is 9. The summed E-state index contributed by atoms with van der Waals surface area (Å²) in [7, 11) is 4.91. The maximum atomic E-state index is 13.4. The molecule has 8 heteroatoms. The van der Waals surface area contributed by atoms with Gasteiger partial charge in [0.1, 0.15) is 17.9 Å². The Morgan fingerprint density at radius 1 is 1.16 bits per heavy atom. The molecule has 1 aliphatic heterocycles. The Kier molecular flexibility index (Phi) is 6.80. The largest absolute Gasteiger partial charge is 0.495 e. The Hall–Kier alpha value is -3.26. The second-order valence-corrected chi connectivity index (χ2v) is 7.83. The molecule has 0 aliphatic carbocycles. The number of ether oxygens (including phenoxy) is 3. The minimum atomic E-state index is -0.250. The van der Waals surface area contributed by atoms with Gasteiger partial charge in [0, 0.05) is 25.4 Å². The molecule has 0 N–H and O–H groups in total. The highest BCUT2D eigenvalue weighted by Gasteiger charge is 2.28. The SMILES string of the molecule is COc1c(C(=O)C=Cc2cnn(C)c2)c(OCCN2CCCCC2)c(OC)c2occc12. The van der Waals surface area contributed by atoms with Gasteiger partial charge in [-0.1, -0.05) is 6.42 Å². The first-order valence-corrected chi connectivity index (χ1v) is 10.8. The van der Waals surface area contributed by atoms with E-state index in [0.29, 0.717) is 40.4 Å². The molecule has 3 heterocycles. The van der Waals surface area contributed by atoms with Gasteiger partial charge in [0.15, 0.2) is 17.1 Å². The van der Waals surface area contributed by atoms with Gasteiger partial charge < -0.3 is 18.6 Å². The lowest BCUT2D eigenvalue weighted by molar-refractivity contribution is 0.103. The van der Waals surface area contributed by atoms with E-state index in [1.807, 2.05) is 13.2 Å². The number of carbonyl (C=O) groups excluding carboxylic acids is 1. The van der Waals surface area contributed by atoms with Crippen LogP contribution in [0.3, 0.4) is 0 Å². The second-order valence-electron chi connectivity index (χ2n) is 7.83. The zero-order valence-electron chi connectivity index (χ0n) is 18.8. The highest BCUT2D eigenvalue weighted by atomic mass is 16.5. The summed E-state index contributed by atoms with van der Waals surface area (Å²) in [5.74, 6) is 0.885. The van der Waals surface area contributed by atoms with E-state index in [1.165, 1.54) is 32.4 Å². The molecule has 4 rings (SSSR count). The number of hydrogen-bond donors (Lipinski definition) is 0. The predicted molar refractivity (Wildman–Crippen MR) is 122 cm³/mol. The molecule has 0 amide bonds. The minimum absolute atomic E-state index is 0.250. The summed E-state index contributed by atoms with van der Waals surface area (Å²) in [4.78, 5) is 15.7. The summed E-state index contributed by atoms with van der Waals surface area (Å²) in [6.07, 6.45) is 12.0. The second kappa shape index (κ2) is 9.91. The Bertz CT molecular complexity index is 1110. The van der Waals surface area contributed by atoms with Gasteiger partial charge in [-0.05, 0) is 44.1 Å². The lowest BCUT2D eigenvalue weighted by Crippen LogP contribution is -2.33. The molecule has 8 nitrogen and oxygen atoms in total. The normalized spacial score (nSPS) is 14.8. The lowest BCUT2D eigenvalue weighted by atomic mass is 10.0. The first-order chi connectivity index (χ1) is 15.6. The van der Waals surface area contributed by atoms with Crippen LogP contribution in [0.15, 0.2) is 35.2 Å². The Morgan fingerprint density at radius 2 is 1.94 bits per heavy atom. The first kappa shape index (κ1) is 22.0. The quantitative estimate of drug-likeness (QED) is 0.369. The van der Waals surface area contributed by atoms with Crippen LogP contribution >= 0.6 is 0 Å². The fourth-order valence-corrected chi connectivity index (χ4v) is 4.12. The van der Waals surface area contributed by atoms with Gasteiger partial charge in [-0.2, -0.15) is 5.10 Å². The molecule has 2 aromatic heterocycles. The summed E-state index contributed by atoms with van der Waals surface area (Å²) >= 11 is 0. The van der Waals surface area contributed by atoms with Crippen LogP contribution in [0, 0.1) is 0 Å². The number of hydrogen-bond acceptors (Lipinski definition) is 7. The van der Waals surface area contributed by atoms with E-state index in [0.717, 1.165) is 25.2 Å².